The minimum absolute atomic E-state index is 0.0758. The van der Waals surface area contributed by atoms with Crippen LogP contribution in [0, 0.1) is 10.1 Å². The summed E-state index contributed by atoms with van der Waals surface area (Å²) in [6.07, 6.45) is 0. The van der Waals surface area contributed by atoms with Crippen LogP contribution in [0.15, 0.2) is 42.5 Å². The number of amides is 1. The monoisotopic (exact) mass is 356 g/mol. The van der Waals surface area contributed by atoms with Gasteiger partial charge in [0.05, 0.1) is 4.92 Å². The quantitative estimate of drug-likeness (QED) is 0.567. The maximum atomic E-state index is 12.3. The summed E-state index contributed by atoms with van der Waals surface area (Å²) in [6, 6.07) is 12.0. The number of nitro groups is 1. The number of hydrogen-bond donors (Lipinski definition) is 1. The van der Waals surface area contributed by atoms with Crippen molar-refractivity contribution in [3.63, 3.8) is 0 Å². The van der Waals surface area contributed by atoms with E-state index in [-0.39, 0.29) is 29.9 Å². The molecule has 0 unspecified atom stereocenters. The van der Waals surface area contributed by atoms with Gasteiger partial charge in [-0.15, -0.1) is 0 Å². The molecule has 0 spiro atoms. The van der Waals surface area contributed by atoms with Crippen molar-refractivity contribution in [2.75, 3.05) is 11.9 Å². The summed E-state index contributed by atoms with van der Waals surface area (Å²) in [5.41, 5.74) is 2.84. The largest absolute Gasteiger partial charge is 0.477 e. The summed E-state index contributed by atoms with van der Waals surface area (Å²) in [7, 11) is 0. The third kappa shape index (κ3) is 4.81. The van der Waals surface area contributed by atoms with Crippen molar-refractivity contribution < 1.29 is 14.5 Å². The van der Waals surface area contributed by atoms with Crippen LogP contribution in [0.4, 0.5) is 11.4 Å². The lowest BCUT2D eigenvalue weighted by Gasteiger charge is -2.17. The Morgan fingerprint density at radius 3 is 2.42 bits per heavy atom. The first-order valence-corrected chi connectivity index (χ1v) is 8.59. The van der Waals surface area contributed by atoms with Gasteiger partial charge in [-0.1, -0.05) is 52.0 Å². The Morgan fingerprint density at radius 2 is 1.81 bits per heavy atom. The highest BCUT2D eigenvalue weighted by molar-refractivity contribution is 5.92. The van der Waals surface area contributed by atoms with Crippen LogP contribution < -0.4 is 10.1 Å². The minimum atomic E-state index is -0.533. The predicted octanol–water partition coefficient (Wildman–Crippen LogP) is 4.86. The molecule has 0 heterocycles. The summed E-state index contributed by atoms with van der Waals surface area (Å²) < 4.78 is 5.34. The topological polar surface area (TPSA) is 81.5 Å². The molecule has 2 aromatic carbocycles. The highest BCUT2D eigenvalue weighted by Crippen LogP contribution is 2.29. The first-order chi connectivity index (χ1) is 12.3. The third-order valence-electron chi connectivity index (χ3n) is 4.06. The van der Waals surface area contributed by atoms with Gasteiger partial charge in [0, 0.05) is 11.8 Å². The van der Waals surface area contributed by atoms with Crippen LogP contribution >= 0.6 is 0 Å². The maximum Gasteiger partial charge on any atom is 0.310 e. The second-order valence-electron chi connectivity index (χ2n) is 6.72. The second kappa shape index (κ2) is 8.47. The third-order valence-corrected chi connectivity index (χ3v) is 4.06. The van der Waals surface area contributed by atoms with Crippen molar-refractivity contribution in [2.24, 2.45) is 0 Å². The molecule has 0 aliphatic carbocycles. The molecule has 0 aromatic heterocycles. The summed E-state index contributed by atoms with van der Waals surface area (Å²) >= 11 is 0. The Bertz CT molecular complexity index is 800. The Hall–Kier alpha value is -2.89. The zero-order chi connectivity index (χ0) is 19.3. The van der Waals surface area contributed by atoms with Crippen LogP contribution in [0.2, 0.25) is 0 Å². The highest BCUT2D eigenvalue weighted by atomic mass is 16.6. The number of para-hydroxylation sites is 2. The van der Waals surface area contributed by atoms with E-state index in [4.69, 9.17) is 4.74 Å². The normalized spacial score (nSPS) is 10.8. The van der Waals surface area contributed by atoms with Gasteiger partial charge in [-0.3, -0.25) is 14.9 Å². The van der Waals surface area contributed by atoms with Crippen molar-refractivity contribution in [3.8, 4) is 5.75 Å². The number of hydrogen-bond acceptors (Lipinski definition) is 4. The van der Waals surface area contributed by atoms with E-state index in [1.165, 1.54) is 17.7 Å². The zero-order valence-corrected chi connectivity index (χ0v) is 15.5. The first-order valence-electron chi connectivity index (χ1n) is 8.59. The van der Waals surface area contributed by atoms with E-state index in [1.807, 2.05) is 12.1 Å². The molecule has 0 aliphatic heterocycles. The lowest BCUT2D eigenvalue weighted by Crippen LogP contribution is -2.21. The smallest absolute Gasteiger partial charge is 0.310 e. The van der Waals surface area contributed by atoms with Crippen LogP contribution in [-0.2, 0) is 4.79 Å². The summed E-state index contributed by atoms with van der Waals surface area (Å²) in [4.78, 5) is 22.7. The Morgan fingerprint density at radius 1 is 1.12 bits per heavy atom. The number of ether oxygens (including phenoxy) is 1. The van der Waals surface area contributed by atoms with Gasteiger partial charge in [-0.25, -0.2) is 0 Å². The van der Waals surface area contributed by atoms with Gasteiger partial charge >= 0.3 is 5.69 Å². The van der Waals surface area contributed by atoms with Gasteiger partial charge < -0.3 is 10.1 Å². The number of rotatable bonds is 7. The first kappa shape index (κ1) is 19.4. The zero-order valence-electron chi connectivity index (χ0n) is 15.5. The highest BCUT2D eigenvalue weighted by Gasteiger charge is 2.16. The molecule has 1 amide bonds. The van der Waals surface area contributed by atoms with Gasteiger partial charge in [0.1, 0.15) is 0 Å². The molecule has 138 valence electrons. The molecule has 0 saturated carbocycles. The van der Waals surface area contributed by atoms with E-state index in [1.54, 1.807) is 12.1 Å². The molecule has 0 atom stereocenters. The SMILES string of the molecule is CC(C)c1ccc(NC(=O)COc2ccccc2[N+](=O)[O-])c(C(C)C)c1. The fraction of sp³-hybridized carbons (Fsp3) is 0.350. The Labute approximate surface area is 153 Å². The number of benzene rings is 2. The standard InChI is InChI=1S/C20H24N2O4/c1-13(2)15-9-10-17(16(11-15)14(3)4)21-20(23)12-26-19-8-6-5-7-18(19)22(24)25/h5-11,13-14H,12H2,1-4H3,(H,21,23). The van der Waals surface area contributed by atoms with Gasteiger partial charge in [0.2, 0.25) is 0 Å². The van der Waals surface area contributed by atoms with Gasteiger partial charge in [-0.05, 0) is 35.1 Å². The summed E-state index contributed by atoms with van der Waals surface area (Å²) in [6.45, 7) is 8.09. The fourth-order valence-electron chi connectivity index (χ4n) is 2.59. The van der Waals surface area contributed by atoms with Gasteiger partial charge in [0.25, 0.3) is 5.91 Å². The number of anilines is 1. The molecule has 26 heavy (non-hydrogen) atoms. The molecule has 2 aromatic rings. The average Bonchev–Trinajstić information content (AvgIpc) is 2.60. The summed E-state index contributed by atoms with van der Waals surface area (Å²) in [5.74, 6) is 0.369. The Kier molecular flexibility index (Phi) is 6.33. The van der Waals surface area contributed by atoms with Crippen molar-refractivity contribution in [1.29, 1.82) is 0 Å². The molecule has 0 fully saturated rings. The molecule has 0 saturated heterocycles. The van der Waals surface area contributed by atoms with Crippen LogP contribution in [0.25, 0.3) is 0 Å². The van der Waals surface area contributed by atoms with Gasteiger partial charge in [-0.2, -0.15) is 0 Å². The van der Waals surface area contributed by atoms with Crippen molar-refractivity contribution >= 4 is 17.3 Å². The molecule has 0 bridgehead atoms. The molecule has 1 N–H and O–H groups in total. The molecule has 6 nitrogen and oxygen atoms in total. The Balaban J connectivity index is 2.10. The van der Waals surface area contributed by atoms with Crippen LogP contribution in [0.3, 0.4) is 0 Å². The van der Waals surface area contributed by atoms with Crippen molar-refractivity contribution in [3.05, 3.63) is 63.7 Å². The van der Waals surface area contributed by atoms with Crippen LogP contribution in [-0.4, -0.2) is 17.4 Å². The number of carbonyl (C=O) groups is 1. The number of nitro benzene ring substituents is 1. The molecular weight excluding hydrogens is 332 g/mol. The van der Waals surface area contributed by atoms with Crippen molar-refractivity contribution in [2.45, 2.75) is 39.5 Å². The predicted molar refractivity (Wildman–Crippen MR) is 102 cm³/mol. The number of nitrogens with zero attached hydrogens (tertiary/aromatic N) is 1. The van der Waals surface area contributed by atoms with Crippen molar-refractivity contribution in [1.82, 2.24) is 0 Å². The molecule has 6 heteroatoms. The van der Waals surface area contributed by atoms with E-state index in [2.05, 4.69) is 39.1 Å². The molecule has 0 radical (unpaired) electrons. The molecular formula is C20H24N2O4. The average molecular weight is 356 g/mol. The van der Waals surface area contributed by atoms with E-state index in [0.717, 1.165) is 11.3 Å². The van der Waals surface area contributed by atoms with Gasteiger partial charge in [0.15, 0.2) is 12.4 Å². The lowest BCUT2D eigenvalue weighted by molar-refractivity contribution is -0.385. The second-order valence-corrected chi connectivity index (χ2v) is 6.72. The fourth-order valence-corrected chi connectivity index (χ4v) is 2.59. The van der Waals surface area contributed by atoms with E-state index < -0.39 is 4.92 Å². The van der Waals surface area contributed by atoms with E-state index in [9.17, 15) is 14.9 Å². The molecule has 2 rings (SSSR count). The summed E-state index contributed by atoms with van der Waals surface area (Å²) in [5, 5.41) is 13.8. The van der Waals surface area contributed by atoms with E-state index in [0.29, 0.717) is 5.92 Å². The number of nitrogens with one attached hydrogen (secondary N) is 1. The minimum Gasteiger partial charge on any atom is -0.477 e. The number of carbonyl (C=O) groups excluding carboxylic acids is 1. The lowest BCUT2D eigenvalue weighted by atomic mass is 9.94. The van der Waals surface area contributed by atoms with E-state index >= 15 is 0 Å². The van der Waals surface area contributed by atoms with Crippen LogP contribution in [0.1, 0.15) is 50.7 Å². The molecule has 0 aliphatic rings. The van der Waals surface area contributed by atoms with Crippen LogP contribution in [0.5, 0.6) is 5.75 Å². The maximum absolute atomic E-state index is 12.3.